The van der Waals surface area contributed by atoms with Crippen LogP contribution in [0.5, 0.6) is 5.75 Å². The molecule has 0 bridgehead atoms. The molecule has 0 aliphatic carbocycles. The standard InChI is InChI=1S/C26H31F2N4O8P/c1-15(2)38-21(33)16(3)31-41(36,40-19-11-7-9-17-8-5-6-10-18(17)19)37-14-26(28)22(34)25(4,27)23(39-26)32-13-12-20(29)30-24(32)35/h5-13,15-16,22-23,34H,14H2,1-4H3,(H3,29,30,31,35,36)/p+1. The zero-order valence-corrected chi connectivity index (χ0v) is 23.6. The van der Waals surface area contributed by atoms with E-state index in [0.717, 1.165) is 18.5 Å². The fourth-order valence-electron chi connectivity index (χ4n) is 4.30. The van der Waals surface area contributed by atoms with E-state index in [1.54, 1.807) is 50.2 Å². The van der Waals surface area contributed by atoms with Crippen LogP contribution in [-0.2, 0) is 23.4 Å². The van der Waals surface area contributed by atoms with Crippen molar-refractivity contribution in [3.05, 3.63) is 65.2 Å². The van der Waals surface area contributed by atoms with Crippen molar-refractivity contribution in [2.24, 2.45) is 0 Å². The van der Waals surface area contributed by atoms with Gasteiger partial charge in [-0.2, -0.15) is 19.4 Å². The van der Waals surface area contributed by atoms with E-state index in [-0.39, 0.29) is 11.6 Å². The Morgan fingerprint density at radius 1 is 1.22 bits per heavy atom. The number of nitrogens with zero attached hydrogens (tertiary/aromatic N) is 1. The van der Waals surface area contributed by atoms with Crippen LogP contribution in [0.3, 0.4) is 0 Å². The number of nitrogens with two attached hydrogens (primary N) is 1. The van der Waals surface area contributed by atoms with Crippen LogP contribution in [0.15, 0.2) is 59.5 Å². The van der Waals surface area contributed by atoms with E-state index in [0.29, 0.717) is 9.95 Å². The van der Waals surface area contributed by atoms with Gasteiger partial charge in [-0.25, -0.2) is 13.3 Å². The number of H-pyrrole nitrogens is 1. The van der Waals surface area contributed by atoms with Gasteiger partial charge in [0.15, 0.2) is 11.9 Å². The minimum absolute atomic E-state index is 0.0390. The van der Waals surface area contributed by atoms with Crippen LogP contribution in [0, 0.1) is 0 Å². The number of ether oxygens (including phenoxy) is 2. The molecule has 0 radical (unpaired) electrons. The molecule has 0 saturated carbocycles. The van der Waals surface area contributed by atoms with E-state index in [4.69, 9.17) is 24.3 Å². The number of hydrogen-bond donors (Lipinski definition) is 4. The lowest BCUT2D eigenvalue weighted by atomic mass is 9.97. The number of esters is 1. The summed E-state index contributed by atoms with van der Waals surface area (Å²) >= 11 is 0. The van der Waals surface area contributed by atoms with Gasteiger partial charge in [0.1, 0.15) is 24.6 Å². The number of aliphatic hydroxyl groups excluding tert-OH is 1. The number of carbonyl (C=O) groups is 1. The monoisotopic (exact) mass is 597 g/mol. The largest absolute Gasteiger partial charge is 0.499 e. The lowest BCUT2D eigenvalue weighted by molar-refractivity contribution is -0.786. The second-order valence-electron chi connectivity index (χ2n) is 10.1. The van der Waals surface area contributed by atoms with Crippen molar-refractivity contribution in [2.45, 2.75) is 63.7 Å². The summed E-state index contributed by atoms with van der Waals surface area (Å²) in [6.07, 6.45) is -3.88. The predicted octanol–water partition coefficient (Wildman–Crippen LogP) is 2.81. The Morgan fingerprint density at radius 2 is 1.90 bits per heavy atom. The molecule has 1 aliphatic heterocycles. The maximum Gasteiger partial charge on any atom is 0.499 e. The Labute approximate surface area is 234 Å². The SMILES string of the molecule is CC(C)OC(=O)C(C)NP(=O)(OCC1(F)OC([n+]2ccc(N)[nH]c2=O)C(C)(F)C1O)Oc1cccc2ccccc12. The molecular weight excluding hydrogens is 565 g/mol. The maximum absolute atomic E-state index is 16.1. The number of hydrogen-bond acceptors (Lipinski definition) is 9. The van der Waals surface area contributed by atoms with Crippen LogP contribution in [-0.4, -0.2) is 52.4 Å². The highest BCUT2D eigenvalue weighted by molar-refractivity contribution is 7.52. The first kappa shape index (κ1) is 30.5. The fraction of sp³-hybridized carbons (Fsp3) is 0.423. The molecule has 6 unspecified atom stereocenters. The van der Waals surface area contributed by atoms with Gasteiger partial charge in [0.2, 0.25) is 11.9 Å². The number of nitrogen functional groups attached to an aromatic ring is 1. The van der Waals surface area contributed by atoms with Gasteiger partial charge in [0.25, 0.3) is 5.85 Å². The third kappa shape index (κ3) is 6.41. The van der Waals surface area contributed by atoms with E-state index in [1.807, 2.05) is 0 Å². The average Bonchev–Trinajstić information content (AvgIpc) is 3.07. The molecule has 0 spiro atoms. The van der Waals surface area contributed by atoms with Crippen LogP contribution in [0.1, 0.15) is 33.9 Å². The summed E-state index contributed by atoms with van der Waals surface area (Å²) in [7, 11) is -4.67. The molecule has 0 amide bonds. The zero-order chi connectivity index (χ0) is 30.2. The summed E-state index contributed by atoms with van der Waals surface area (Å²) in [5.74, 6) is -4.08. The minimum Gasteiger partial charge on any atom is -0.462 e. The van der Waals surface area contributed by atoms with Crippen molar-refractivity contribution in [1.29, 1.82) is 0 Å². The molecule has 4 rings (SSSR count). The number of anilines is 1. The molecule has 1 saturated heterocycles. The van der Waals surface area contributed by atoms with Crippen molar-refractivity contribution in [3.8, 4) is 5.75 Å². The fourth-order valence-corrected chi connectivity index (χ4v) is 5.82. The second kappa shape index (κ2) is 11.5. The normalized spacial score (nSPS) is 26.5. The number of aliphatic hydroxyl groups is 1. The number of nitrogens with one attached hydrogen (secondary N) is 2. The lowest BCUT2D eigenvalue weighted by Gasteiger charge is -2.28. The number of aromatic nitrogens is 2. The lowest BCUT2D eigenvalue weighted by Crippen LogP contribution is -2.60. The predicted molar refractivity (Wildman–Crippen MR) is 143 cm³/mol. The number of aromatic amines is 1. The number of alkyl halides is 2. The number of fused-ring (bicyclic) bond motifs is 1. The van der Waals surface area contributed by atoms with Crippen LogP contribution in [0.2, 0.25) is 0 Å². The third-order valence-corrected chi connectivity index (χ3v) is 7.95. The molecule has 12 nitrogen and oxygen atoms in total. The average molecular weight is 598 g/mol. The summed E-state index contributed by atoms with van der Waals surface area (Å²) in [6.45, 7) is 4.08. The molecule has 2 aromatic carbocycles. The summed E-state index contributed by atoms with van der Waals surface area (Å²) in [4.78, 5) is 27.0. The van der Waals surface area contributed by atoms with Crippen molar-refractivity contribution >= 4 is 30.3 Å². The quantitative estimate of drug-likeness (QED) is 0.155. The van der Waals surface area contributed by atoms with Gasteiger partial charge in [-0.05, 0) is 39.1 Å². The first-order chi connectivity index (χ1) is 19.1. The number of rotatable bonds is 10. The highest BCUT2D eigenvalue weighted by Crippen LogP contribution is 2.51. The van der Waals surface area contributed by atoms with Crippen LogP contribution in [0.4, 0.5) is 14.6 Å². The molecule has 6 atom stereocenters. The maximum atomic E-state index is 16.1. The van der Waals surface area contributed by atoms with Crippen molar-refractivity contribution < 1.29 is 46.3 Å². The first-order valence-electron chi connectivity index (χ1n) is 12.7. The topological polar surface area (TPSA) is 166 Å². The van der Waals surface area contributed by atoms with E-state index < -0.39 is 62.0 Å². The molecule has 1 fully saturated rings. The Balaban J connectivity index is 1.64. The van der Waals surface area contributed by atoms with Gasteiger partial charge in [-0.15, -0.1) is 0 Å². The highest BCUT2D eigenvalue weighted by Gasteiger charge is 2.67. The Hall–Kier alpha value is -3.42. The van der Waals surface area contributed by atoms with Gasteiger partial charge in [-0.3, -0.25) is 14.1 Å². The van der Waals surface area contributed by atoms with E-state index in [2.05, 4.69) is 10.1 Å². The van der Waals surface area contributed by atoms with Crippen LogP contribution >= 0.6 is 7.75 Å². The molecule has 222 valence electrons. The molecule has 5 N–H and O–H groups in total. The molecule has 2 heterocycles. The van der Waals surface area contributed by atoms with Gasteiger partial charge >= 0.3 is 19.4 Å². The highest BCUT2D eigenvalue weighted by atomic mass is 31.2. The molecule has 1 aromatic heterocycles. The third-order valence-electron chi connectivity index (χ3n) is 6.34. The van der Waals surface area contributed by atoms with Gasteiger partial charge in [-0.1, -0.05) is 36.4 Å². The Bertz CT molecular complexity index is 1530. The van der Waals surface area contributed by atoms with E-state index in [1.165, 1.54) is 19.1 Å². The first-order valence-corrected chi connectivity index (χ1v) is 14.2. The molecule has 41 heavy (non-hydrogen) atoms. The Kier molecular flexibility index (Phi) is 8.53. The number of carbonyl (C=O) groups excluding carboxylic acids is 1. The summed E-state index contributed by atoms with van der Waals surface area (Å²) < 4.78 is 67.8. The summed E-state index contributed by atoms with van der Waals surface area (Å²) in [5, 5.41) is 14.3. The summed E-state index contributed by atoms with van der Waals surface area (Å²) in [5.41, 5.74) is 1.74. The van der Waals surface area contributed by atoms with Crippen LogP contribution in [0.25, 0.3) is 10.8 Å². The smallest absolute Gasteiger partial charge is 0.462 e. The van der Waals surface area contributed by atoms with E-state index >= 15 is 8.78 Å². The second-order valence-corrected chi connectivity index (χ2v) is 11.8. The van der Waals surface area contributed by atoms with Gasteiger partial charge in [0.05, 0.1) is 6.10 Å². The molecule has 1 aliphatic rings. The Morgan fingerprint density at radius 3 is 2.59 bits per heavy atom. The number of halogens is 2. The van der Waals surface area contributed by atoms with Crippen molar-refractivity contribution in [3.63, 3.8) is 0 Å². The van der Waals surface area contributed by atoms with Gasteiger partial charge < -0.3 is 20.1 Å². The zero-order valence-electron chi connectivity index (χ0n) is 22.7. The minimum atomic E-state index is -4.67. The van der Waals surface area contributed by atoms with Gasteiger partial charge in [0, 0.05) is 11.5 Å². The van der Waals surface area contributed by atoms with E-state index in [9.17, 15) is 19.3 Å². The number of benzene rings is 2. The van der Waals surface area contributed by atoms with Crippen LogP contribution < -0.4 is 25.6 Å². The molecular formula is C26H32F2N4O8P+. The summed E-state index contributed by atoms with van der Waals surface area (Å²) in [6, 6.07) is 11.8. The van der Waals surface area contributed by atoms with Crippen molar-refractivity contribution in [2.75, 3.05) is 12.3 Å². The van der Waals surface area contributed by atoms with Crippen molar-refractivity contribution in [1.82, 2.24) is 10.1 Å². The molecule has 15 heteroatoms. The molecule has 3 aromatic rings.